The Labute approximate surface area is 131 Å². The highest BCUT2D eigenvalue weighted by Gasteiger charge is 2.38. The molecule has 2 saturated heterocycles. The molecule has 0 aromatic carbocycles. The second-order valence-electron chi connectivity index (χ2n) is 6.22. The fourth-order valence-corrected chi connectivity index (χ4v) is 4.84. The summed E-state index contributed by atoms with van der Waals surface area (Å²) in [4.78, 5) is 2.60. The molecule has 1 aromatic rings. The van der Waals surface area contributed by atoms with Gasteiger partial charge in [-0.1, -0.05) is 0 Å². The van der Waals surface area contributed by atoms with Crippen molar-refractivity contribution in [2.24, 2.45) is 0 Å². The number of morpholine rings is 1. The summed E-state index contributed by atoms with van der Waals surface area (Å²) in [5.41, 5.74) is 0.683. The number of nitrogens with one attached hydrogen (secondary N) is 1. The van der Waals surface area contributed by atoms with Gasteiger partial charge in [-0.3, -0.25) is 9.58 Å². The maximum atomic E-state index is 12.6. The smallest absolute Gasteiger partial charge is 0.244 e. The van der Waals surface area contributed by atoms with Crippen LogP contribution in [0.1, 0.15) is 26.0 Å². The Balaban J connectivity index is 1.71. The predicted molar refractivity (Wildman–Crippen MR) is 82.1 cm³/mol. The largest absolute Gasteiger partial charge is 0.376 e. The van der Waals surface area contributed by atoms with E-state index >= 15 is 0 Å². The van der Waals surface area contributed by atoms with Gasteiger partial charge < -0.3 is 4.74 Å². The number of nitrogens with zero attached hydrogens (tertiary/aromatic N) is 3. The van der Waals surface area contributed by atoms with Gasteiger partial charge in [-0.25, -0.2) is 13.1 Å². The van der Waals surface area contributed by atoms with Crippen molar-refractivity contribution >= 4 is 10.0 Å². The lowest BCUT2D eigenvalue weighted by Crippen LogP contribution is -2.45. The molecule has 3 heterocycles. The molecule has 0 spiro atoms. The minimum atomic E-state index is -3.52. The third-order valence-corrected chi connectivity index (χ3v) is 6.19. The summed E-state index contributed by atoms with van der Waals surface area (Å²) in [5, 5.41) is 4.12. The van der Waals surface area contributed by atoms with Crippen LogP contribution in [0.25, 0.3) is 0 Å². The number of hydrogen-bond donors (Lipinski definition) is 1. The van der Waals surface area contributed by atoms with E-state index in [1.807, 2.05) is 6.92 Å². The van der Waals surface area contributed by atoms with Gasteiger partial charge in [0, 0.05) is 31.7 Å². The van der Waals surface area contributed by atoms with Crippen LogP contribution >= 0.6 is 0 Å². The van der Waals surface area contributed by atoms with E-state index in [1.54, 1.807) is 11.6 Å². The molecule has 0 bridgehead atoms. The highest BCUT2D eigenvalue weighted by Crippen LogP contribution is 2.24. The van der Waals surface area contributed by atoms with E-state index in [1.165, 1.54) is 6.20 Å². The van der Waals surface area contributed by atoms with Crippen molar-refractivity contribution in [3.63, 3.8) is 0 Å². The van der Waals surface area contributed by atoms with Crippen molar-refractivity contribution in [2.75, 3.05) is 19.7 Å². The van der Waals surface area contributed by atoms with Crippen LogP contribution in [0.4, 0.5) is 0 Å². The second kappa shape index (κ2) is 5.92. The zero-order chi connectivity index (χ0) is 15.9. The molecule has 124 valence electrons. The molecule has 3 atom stereocenters. The topological polar surface area (TPSA) is 76.5 Å². The van der Waals surface area contributed by atoms with Crippen molar-refractivity contribution in [1.29, 1.82) is 0 Å². The van der Waals surface area contributed by atoms with E-state index < -0.39 is 10.0 Å². The van der Waals surface area contributed by atoms with E-state index in [0.29, 0.717) is 24.9 Å². The Morgan fingerprint density at radius 2 is 2.23 bits per heavy atom. The first kappa shape index (κ1) is 15.9. The van der Waals surface area contributed by atoms with Gasteiger partial charge in [-0.05, 0) is 27.2 Å². The molecule has 2 fully saturated rings. The Hall–Kier alpha value is -0.960. The maximum absolute atomic E-state index is 12.6. The SMILES string of the molecule is CCn1ncc(S(=O)(=O)N[C@H]2C[C@H]3CO[C@H](C)CN3C2)c1C. The molecular weight excluding hydrogens is 304 g/mol. The minimum Gasteiger partial charge on any atom is -0.376 e. The van der Waals surface area contributed by atoms with Crippen molar-refractivity contribution in [3.8, 4) is 0 Å². The summed E-state index contributed by atoms with van der Waals surface area (Å²) >= 11 is 0. The predicted octanol–water partition coefficient (Wildman–Crippen LogP) is 0.351. The van der Waals surface area contributed by atoms with Gasteiger partial charge in [0.25, 0.3) is 0 Å². The van der Waals surface area contributed by atoms with Crippen molar-refractivity contribution in [1.82, 2.24) is 19.4 Å². The lowest BCUT2D eigenvalue weighted by molar-refractivity contribution is -0.0390. The molecule has 0 radical (unpaired) electrons. The van der Waals surface area contributed by atoms with Crippen LogP contribution in [-0.4, -0.2) is 61.0 Å². The number of ether oxygens (including phenoxy) is 1. The number of rotatable bonds is 4. The molecule has 7 nitrogen and oxygen atoms in total. The molecule has 0 amide bonds. The van der Waals surface area contributed by atoms with Gasteiger partial charge in [0.15, 0.2) is 0 Å². The average Bonchev–Trinajstić information content (AvgIpc) is 3.00. The lowest BCUT2D eigenvalue weighted by Gasteiger charge is -2.33. The molecule has 2 aliphatic heterocycles. The van der Waals surface area contributed by atoms with E-state index in [9.17, 15) is 8.42 Å². The van der Waals surface area contributed by atoms with E-state index in [-0.39, 0.29) is 17.0 Å². The molecule has 1 aromatic heterocycles. The zero-order valence-electron chi connectivity index (χ0n) is 13.3. The standard InChI is InChI=1S/C14H24N4O3S/c1-4-18-11(3)14(6-15-18)22(19,20)16-12-5-13-9-21-10(2)7-17(13)8-12/h6,10,12-13,16H,4-5,7-9H2,1-3H3/t10-,12+,13+/m1/s1. The molecule has 0 saturated carbocycles. The van der Waals surface area contributed by atoms with Crippen LogP contribution in [-0.2, 0) is 21.3 Å². The summed E-state index contributed by atoms with van der Waals surface area (Å²) in [6, 6.07) is 0.261. The van der Waals surface area contributed by atoms with Crippen molar-refractivity contribution in [2.45, 2.75) is 56.8 Å². The third-order valence-electron chi connectivity index (χ3n) is 4.56. The number of aryl methyl sites for hydroxylation is 1. The van der Waals surface area contributed by atoms with Crippen LogP contribution in [0, 0.1) is 6.92 Å². The first-order valence-corrected chi connectivity index (χ1v) is 9.29. The van der Waals surface area contributed by atoms with E-state index in [4.69, 9.17) is 4.74 Å². The first-order chi connectivity index (χ1) is 10.4. The van der Waals surface area contributed by atoms with Crippen molar-refractivity contribution < 1.29 is 13.2 Å². The summed E-state index contributed by atoms with van der Waals surface area (Å²) in [7, 11) is -3.52. The molecule has 2 aliphatic rings. The Morgan fingerprint density at radius 3 is 2.91 bits per heavy atom. The Morgan fingerprint density at radius 1 is 1.45 bits per heavy atom. The summed E-state index contributed by atoms with van der Waals surface area (Å²) in [6.07, 6.45) is 2.46. The van der Waals surface area contributed by atoms with Crippen LogP contribution in [0.3, 0.4) is 0 Å². The molecule has 0 aliphatic carbocycles. The number of sulfonamides is 1. The first-order valence-electron chi connectivity index (χ1n) is 7.81. The number of fused-ring (bicyclic) bond motifs is 1. The minimum absolute atomic E-state index is 0.0618. The summed E-state index contributed by atoms with van der Waals surface area (Å²) < 4.78 is 35.4. The van der Waals surface area contributed by atoms with E-state index in [0.717, 1.165) is 19.5 Å². The Kier molecular flexibility index (Phi) is 4.28. The average molecular weight is 328 g/mol. The monoisotopic (exact) mass is 328 g/mol. The van der Waals surface area contributed by atoms with Gasteiger partial charge in [-0.2, -0.15) is 5.10 Å². The van der Waals surface area contributed by atoms with Gasteiger partial charge in [0.1, 0.15) is 4.90 Å². The Bertz CT molecular complexity index is 643. The highest BCUT2D eigenvalue weighted by molar-refractivity contribution is 7.89. The van der Waals surface area contributed by atoms with Gasteiger partial charge in [0.2, 0.25) is 10.0 Å². The second-order valence-corrected chi connectivity index (χ2v) is 7.90. The van der Waals surface area contributed by atoms with Gasteiger partial charge in [0.05, 0.1) is 24.6 Å². The van der Waals surface area contributed by atoms with Crippen molar-refractivity contribution in [3.05, 3.63) is 11.9 Å². The molecule has 8 heteroatoms. The third kappa shape index (κ3) is 2.92. The summed E-state index contributed by atoms with van der Waals surface area (Å²) in [6.45, 7) is 8.75. The lowest BCUT2D eigenvalue weighted by atomic mass is 10.2. The molecule has 1 N–H and O–H groups in total. The number of hydrogen-bond acceptors (Lipinski definition) is 5. The van der Waals surface area contributed by atoms with Gasteiger partial charge in [-0.15, -0.1) is 0 Å². The maximum Gasteiger partial charge on any atom is 0.244 e. The number of aromatic nitrogens is 2. The fourth-order valence-electron chi connectivity index (χ4n) is 3.42. The van der Waals surface area contributed by atoms with Gasteiger partial charge >= 0.3 is 0 Å². The van der Waals surface area contributed by atoms with Crippen LogP contribution in [0.5, 0.6) is 0 Å². The zero-order valence-corrected chi connectivity index (χ0v) is 14.1. The van der Waals surface area contributed by atoms with Crippen LogP contribution in [0.2, 0.25) is 0 Å². The molecule has 0 unspecified atom stereocenters. The normalized spacial score (nSPS) is 29.7. The molecule has 22 heavy (non-hydrogen) atoms. The van der Waals surface area contributed by atoms with Crippen LogP contribution < -0.4 is 4.72 Å². The fraction of sp³-hybridized carbons (Fsp3) is 0.786. The quantitative estimate of drug-likeness (QED) is 0.863. The molecular formula is C14H24N4O3S. The summed E-state index contributed by atoms with van der Waals surface area (Å²) in [5.74, 6) is 0. The molecule has 3 rings (SSSR count). The van der Waals surface area contributed by atoms with Crippen LogP contribution in [0.15, 0.2) is 11.1 Å². The van der Waals surface area contributed by atoms with E-state index in [2.05, 4.69) is 21.6 Å². The highest BCUT2D eigenvalue weighted by atomic mass is 32.2.